The molecule has 0 aromatic heterocycles. The molecular weight excluding hydrogens is 168 g/mol. The fraction of sp³-hybridized carbons (Fsp3) is 0.600. The van der Waals surface area contributed by atoms with E-state index in [0.29, 0.717) is 0 Å². The molecule has 0 aliphatic rings. The Kier molecular flexibility index (Phi) is 4.64. The molecule has 11 heavy (non-hydrogen) atoms. The molecule has 0 aliphatic heterocycles. The molecule has 0 aromatic carbocycles. The number of carbonyl (C=O) groups excluding carboxylic acids is 1. The molecule has 0 aliphatic carbocycles. The van der Waals surface area contributed by atoms with Gasteiger partial charge in [-0.05, 0) is 6.26 Å². The summed E-state index contributed by atoms with van der Waals surface area (Å²) < 4.78 is 0. The van der Waals surface area contributed by atoms with Crippen molar-refractivity contribution in [1.29, 1.82) is 0 Å². The smallest absolute Gasteiger partial charge is 0.322 e. The fourth-order valence-corrected chi connectivity index (χ4v) is 0.580. The van der Waals surface area contributed by atoms with Gasteiger partial charge in [0, 0.05) is 6.54 Å². The van der Waals surface area contributed by atoms with Crippen LogP contribution in [0, 0.1) is 0 Å². The third-order valence-corrected chi connectivity index (χ3v) is 1.48. The van der Waals surface area contributed by atoms with Crippen molar-refractivity contribution in [3.63, 3.8) is 0 Å². The number of carboxylic acid groups (broad SMARTS) is 1. The second kappa shape index (κ2) is 4.97. The van der Waals surface area contributed by atoms with Gasteiger partial charge >= 0.3 is 5.97 Å². The normalized spacial score (nSPS) is 12.2. The number of aliphatic carboxylic acids is 1. The second-order valence-corrected chi connectivity index (χ2v) is 2.60. The summed E-state index contributed by atoms with van der Waals surface area (Å²) in [6.07, 6.45) is 1.60. The molecule has 0 saturated carbocycles. The summed E-state index contributed by atoms with van der Waals surface area (Å²) >= 11 is 0.980. The minimum Gasteiger partial charge on any atom is -0.480 e. The average Bonchev–Trinajstić information content (AvgIpc) is 1.99. The molecule has 4 N–H and O–H groups in total. The molecule has 0 heterocycles. The van der Waals surface area contributed by atoms with Gasteiger partial charge in [-0.3, -0.25) is 9.59 Å². The number of hydrogen-bond acceptors (Lipinski definition) is 4. The Morgan fingerprint density at radius 3 is 2.64 bits per heavy atom. The average molecular weight is 178 g/mol. The van der Waals surface area contributed by atoms with Crippen molar-refractivity contribution in [2.24, 2.45) is 5.73 Å². The van der Waals surface area contributed by atoms with Crippen LogP contribution in [-0.2, 0) is 4.79 Å². The summed E-state index contributed by atoms with van der Waals surface area (Å²) in [6, 6.07) is -1.02. The van der Waals surface area contributed by atoms with Crippen molar-refractivity contribution in [2.75, 3.05) is 12.8 Å². The number of rotatable bonds is 3. The summed E-state index contributed by atoms with van der Waals surface area (Å²) in [5.74, 6) is -1.12. The molecule has 5 nitrogen and oxygen atoms in total. The lowest BCUT2D eigenvalue weighted by molar-refractivity contribution is -0.138. The summed E-state index contributed by atoms with van der Waals surface area (Å²) in [4.78, 5) is 20.7. The zero-order valence-electron chi connectivity index (χ0n) is 6.03. The largest absolute Gasteiger partial charge is 0.480 e. The molecule has 0 unspecified atom stereocenters. The maximum absolute atomic E-state index is 10.5. The van der Waals surface area contributed by atoms with E-state index in [1.54, 1.807) is 6.26 Å². The molecule has 0 rings (SSSR count). The summed E-state index contributed by atoms with van der Waals surface area (Å²) in [7, 11) is 0. The van der Waals surface area contributed by atoms with E-state index >= 15 is 0 Å². The first-order chi connectivity index (χ1) is 5.07. The van der Waals surface area contributed by atoms with Gasteiger partial charge in [-0.2, -0.15) is 0 Å². The lowest BCUT2D eigenvalue weighted by atomic mass is 10.3. The SMILES string of the molecule is CSC(=O)NC[C@H](N)C(=O)O. The Balaban J connectivity index is 3.54. The zero-order valence-corrected chi connectivity index (χ0v) is 6.85. The zero-order chi connectivity index (χ0) is 8.85. The summed E-state index contributed by atoms with van der Waals surface area (Å²) in [6.45, 7) is -0.0327. The van der Waals surface area contributed by atoms with Crippen LogP contribution in [0.2, 0.25) is 0 Å². The van der Waals surface area contributed by atoms with Gasteiger partial charge < -0.3 is 16.2 Å². The van der Waals surface area contributed by atoms with E-state index in [1.165, 1.54) is 0 Å². The van der Waals surface area contributed by atoms with Crippen molar-refractivity contribution < 1.29 is 14.7 Å². The van der Waals surface area contributed by atoms with Crippen molar-refractivity contribution in [1.82, 2.24) is 5.32 Å². The van der Waals surface area contributed by atoms with Crippen LogP contribution in [0.5, 0.6) is 0 Å². The first-order valence-electron chi connectivity index (χ1n) is 2.88. The quantitative estimate of drug-likeness (QED) is 0.540. The van der Waals surface area contributed by atoms with Crippen LogP contribution in [0.3, 0.4) is 0 Å². The van der Waals surface area contributed by atoms with E-state index in [-0.39, 0.29) is 11.8 Å². The van der Waals surface area contributed by atoms with Crippen LogP contribution in [0.1, 0.15) is 0 Å². The monoisotopic (exact) mass is 178 g/mol. The first-order valence-corrected chi connectivity index (χ1v) is 4.10. The van der Waals surface area contributed by atoms with E-state index in [2.05, 4.69) is 5.32 Å². The number of nitrogens with one attached hydrogen (secondary N) is 1. The second-order valence-electron chi connectivity index (χ2n) is 1.82. The molecule has 0 radical (unpaired) electrons. The molecule has 0 aromatic rings. The summed E-state index contributed by atoms with van der Waals surface area (Å²) in [5, 5.41) is 10.3. The highest BCUT2D eigenvalue weighted by atomic mass is 32.2. The summed E-state index contributed by atoms with van der Waals surface area (Å²) in [5.41, 5.74) is 5.10. The minimum atomic E-state index is -1.12. The van der Waals surface area contributed by atoms with Gasteiger partial charge in [-0.1, -0.05) is 11.8 Å². The van der Waals surface area contributed by atoms with Crippen molar-refractivity contribution in [3.05, 3.63) is 0 Å². The third-order valence-electron chi connectivity index (χ3n) is 0.969. The number of hydrogen-bond donors (Lipinski definition) is 3. The lowest BCUT2D eigenvalue weighted by Crippen LogP contribution is -2.41. The molecule has 64 valence electrons. The third kappa shape index (κ3) is 4.63. The van der Waals surface area contributed by atoms with E-state index in [1.807, 2.05) is 0 Å². The van der Waals surface area contributed by atoms with Gasteiger partial charge in [0.1, 0.15) is 6.04 Å². The van der Waals surface area contributed by atoms with Crippen LogP contribution in [-0.4, -0.2) is 35.2 Å². The van der Waals surface area contributed by atoms with Crippen LogP contribution in [0.25, 0.3) is 0 Å². The van der Waals surface area contributed by atoms with E-state index in [4.69, 9.17) is 10.8 Å². The molecule has 0 fully saturated rings. The molecule has 0 spiro atoms. The van der Waals surface area contributed by atoms with Gasteiger partial charge in [0.2, 0.25) is 0 Å². The van der Waals surface area contributed by atoms with Crippen molar-refractivity contribution in [2.45, 2.75) is 6.04 Å². The van der Waals surface area contributed by atoms with Crippen LogP contribution < -0.4 is 11.1 Å². The highest BCUT2D eigenvalue weighted by Gasteiger charge is 2.11. The number of carboxylic acids is 1. The Hall–Kier alpha value is -0.750. The predicted molar refractivity (Wildman–Crippen MR) is 42.5 cm³/mol. The van der Waals surface area contributed by atoms with Gasteiger partial charge in [-0.15, -0.1) is 0 Å². The van der Waals surface area contributed by atoms with Crippen LogP contribution >= 0.6 is 11.8 Å². The van der Waals surface area contributed by atoms with Crippen LogP contribution in [0.15, 0.2) is 0 Å². The van der Waals surface area contributed by atoms with Gasteiger partial charge in [0.25, 0.3) is 5.24 Å². The van der Waals surface area contributed by atoms with E-state index in [0.717, 1.165) is 11.8 Å². The Bertz CT molecular complexity index is 162. The highest BCUT2D eigenvalue weighted by molar-refractivity contribution is 8.12. The Labute approximate surface area is 68.3 Å². The molecule has 1 atom stereocenters. The van der Waals surface area contributed by atoms with Crippen molar-refractivity contribution in [3.8, 4) is 0 Å². The van der Waals surface area contributed by atoms with Crippen molar-refractivity contribution >= 4 is 23.0 Å². The Morgan fingerprint density at radius 1 is 1.73 bits per heavy atom. The molecule has 1 amide bonds. The maximum Gasteiger partial charge on any atom is 0.322 e. The molecule has 0 bridgehead atoms. The fourth-order valence-electron chi connectivity index (χ4n) is 0.353. The topological polar surface area (TPSA) is 92.4 Å². The molecule has 6 heteroatoms. The predicted octanol–water partition coefficient (Wildman–Crippen LogP) is -0.529. The number of amides is 1. The number of carbonyl (C=O) groups is 2. The van der Waals surface area contributed by atoms with Gasteiger partial charge in [0.15, 0.2) is 0 Å². The van der Waals surface area contributed by atoms with E-state index in [9.17, 15) is 9.59 Å². The van der Waals surface area contributed by atoms with E-state index < -0.39 is 12.0 Å². The van der Waals surface area contributed by atoms with Crippen LogP contribution in [0.4, 0.5) is 4.79 Å². The standard InChI is InChI=1S/C5H10N2O3S/c1-11-5(10)7-2-3(6)4(8)9/h3H,2,6H2,1H3,(H,7,10)(H,8,9)/t3-/m0/s1. The number of nitrogens with two attached hydrogens (primary N) is 1. The molecule has 0 saturated heterocycles. The maximum atomic E-state index is 10.5. The van der Waals surface area contributed by atoms with Gasteiger partial charge in [0.05, 0.1) is 0 Å². The van der Waals surface area contributed by atoms with Gasteiger partial charge in [-0.25, -0.2) is 0 Å². The number of thioether (sulfide) groups is 1. The highest BCUT2D eigenvalue weighted by Crippen LogP contribution is 1.91. The lowest BCUT2D eigenvalue weighted by Gasteiger charge is -2.05. The molecular formula is C5H10N2O3S. The Morgan fingerprint density at radius 2 is 2.27 bits per heavy atom. The minimum absolute atomic E-state index is 0.0327. The first kappa shape index (κ1) is 10.2.